The van der Waals surface area contributed by atoms with Crippen LogP contribution in [0.15, 0.2) is 85.1 Å². The summed E-state index contributed by atoms with van der Waals surface area (Å²) in [5, 5.41) is 118. The van der Waals surface area contributed by atoms with Crippen molar-refractivity contribution in [1.29, 1.82) is 0 Å². The van der Waals surface area contributed by atoms with Crippen LogP contribution in [0.3, 0.4) is 0 Å². The number of carbonyl (C=O) groups excluding carboxylic acids is 1. The van der Waals surface area contributed by atoms with Gasteiger partial charge in [-0.1, -0.05) is 98.9 Å². The van der Waals surface area contributed by atoms with Gasteiger partial charge in [-0.05, 0) is 33.1 Å². The van der Waals surface area contributed by atoms with Crippen molar-refractivity contribution in [3.05, 3.63) is 85.1 Å². The summed E-state index contributed by atoms with van der Waals surface area (Å²) < 4.78 is 23.1. The van der Waals surface area contributed by atoms with Gasteiger partial charge in [0.25, 0.3) is 0 Å². The van der Waals surface area contributed by atoms with Gasteiger partial charge in [0.05, 0.1) is 79.6 Å². The molecule has 13 N–H and O–H groups in total. The van der Waals surface area contributed by atoms with Gasteiger partial charge in [0, 0.05) is 37.5 Å². The standard InChI is InChI=1S/C47H73NO17/c1-27-17-15-13-11-9-7-5-6-8-10-12-14-16-18-34(64-46-44(58)41(48)43(57)30(4)63-46)24-38-40(45(59)60)37(54)26-47(61,65-38)25-33(51)22-36(53)35(52)20-19-31(49)21-32(50)23-39(55)62-29(3)28(2)42(27)56/h5-18,27-38,40-44,46,49-54,56-58,61H,19-26,48H2,1-4H3,(H,59,60)/b6-5-,9-7-,10-8-,13-11-,14-12-,17-15-,18-16+/t27-,28-,29-,30+,31+,32+,33-,34-,35+,36+,37-,38-,40+,41-,42+,43+,44-,46-,47+/m0/s1. The predicted octanol–water partition coefficient (Wildman–Crippen LogP) is 0.712. The monoisotopic (exact) mass is 923 g/mol. The Morgan fingerprint density at radius 3 is 1.82 bits per heavy atom. The molecule has 3 rings (SSSR count). The molecule has 0 unspecified atom stereocenters. The average molecular weight is 924 g/mol. The normalized spacial score (nSPS) is 45.5. The molecule has 65 heavy (non-hydrogen) atoms. The Bertz CT molecular complexity index is 1670. The lowest BCUT2D eigenvalue weighted by atomic mass is 9.82. The second-order valence-corrected chi connectivity index (χ2v) is 17.6. The number of aliphatic hydroxyl groups excluding tert-OH is 9. The average Bonchev–Trinajstić information content (AvgIpc) is 3.21. The molecule has 19 atom stereocenters. The van der Waals surface area contributed by atoms with E-state index in [1.807, 2.05) is 19.1 Å². The van der Waals surface area contributed by atoms with Crippen LogP contribution in [0.1, 0.15) is 79.1 Å². The summed E-state index contributed by atoms with van der Waals surface area (Å²) in [5.74, 6) is -6.83. The molecule has 0 saturated carbocycles. The molecule has 18 heteroatoms. The minimum atomic E-state index is -2.33. The molecule has 0 aromatic carbocycles. The smallest absolute Gasteiger partial charge is 0.311 e. The summed E-state index contributed by atoms with van der Waals surface area (Å²) in [7, 11) is 0. The fourth-order valence-corrected chi connectivity index (χ4v) is 7.97. The Balaban J connectivity index is 1.86. The van der Waals surface area contributed by atoms with Gasteiger partial charge < -0.3 is 80.9 Å². The Labute approximate surface area is 381 Å². The summed E-state index contributed by atoms with van der Waals surface area (Å²) in [4.78, 5) is 25.1. The van der Waals surface area contributed by atoms with Gasteiger partial charge in [-0.25, -0.2) is 0 Å². The molecular formula is C47H73NO17. The van der Waals surface area contributed by atoms with E-state index in [2.05, 4.69) is 0 Å². The van der Waals surface area contributed by atoms with Gasteiger partial charge >= 0.3 is 11.9 Å². The molecule has 2 saturated heterocycles. The van der Waals surface area contributed by atoms with Crippen molar-refractivity contribution in [2.45, 2.75) is 177 Å². The third kappa shape index (κ3) is 18.6. The number of ether oxygens (including phenoxy) is 4. The van der Waals surface area contributed by atoms with E-state index in [0.29, 0.717) is 0 Å². The van der Waals surface area contributed by atoms with Gasteiger partial charge in [0.15, 0.2) is 12.1 Å². The van der Waals surface area contributed by atoms with Crippen LogP contribution in [-0.2, 0) is 28.5 Å². The van der Waals surface area contributed by atoms with Gasteiger partial charge in [0.1, 0.15) is 18.1 Å². The van der Waals surface area contributed by atoms with Gasteiger partial charge in [-0.2, -0.15) is 0 Å². The lowest BCUT2D eigenvalue weighted by molar-refractivity contribution is -0.308. The maximum absolute atomic E-state index is 12.6. The van der Waals surface area contributed by atoms with Crippen LogP contribution in [0.25, 0.3) is 0 Å². The fraction of sp³-hybridized carbons (Fsp3) is 0.660. The van der Waals surface area contributed by atoms with Crippen molar-refractivity contribution in [3.63, 3.8) is 0 Å². The second kappa shape index (κ2) is 27.4. The maximum Gasteiger partial charge on any atom is 0.311 e. The SMILES string of the molecule is C[C@@H]1[C@H](O)[C@@H](C)\C=C/C=C\C=C/C=C\C=C/C=C\C=C\[C@H](O[C@@H]2O[C@H](C)[C@@H](O)[C@H](N)[C@@H]2O)C[C@@H]2O[C@](O)(C[C@@H](O)C[C@@H](O)[C@H](O)CC[C@@H](O)C[C@@H](O)CC(=O)O[C@H]1C)C[C@H](O)[C@H]2C(=O)O. The van der Waals surface area contributed by atoms with E-state index in [1.165, 1.54) is 13.0 Å². The van der Waals surface area contributed by atoms with E-state index in [-0.39, 0.29) is 31.6 Å². The fourth-order valence-electron chi connectivity index (χ4n) is 7.97. The highest BCUT2D eigenvalue weighted by atomic mass is 16.7. The molecule has 3 aliphatic heterocycles. The number of rotatable bonds is 3. The minimum absolute atomic E-state index is 0.107. The van der Waals surface area contributed by atoms with Crippen LogP contribution in [0.4, 0.5) is 0 Å². The molecule has 0 amide bonds. The summed E-state index contributed by atoms with van der Waals surface area (Å²) in [6.07, 6.45) is 3.46. The van der Waals surface area contributed by atoms with Crippen LogP contribution >= 0.6 is 0 Å². The zero-order chi connectivity index (χ0) is 48.4. The number of hydrogen-bond donors (Lipinski definition) is 12. The van der Waals surface area contributed by atoms with E-state index in [4.69, 9.17) is 24.7 Å². The number of aliphatic hydroxyl groups is 10. The molecule has 0 aromatic heterocycles. The molecule has 0 radical (unpaired) electrons. The number of fused-ring (bicyclic) bond motifs is 2. The Hall–Kier alpha value is -3.44. The summed E-state index contributed by atoms with van der Waals surface area (Å²) in [5.41, 5.74) is 6.02. The van der Waals surface area contributed by atoms with E-state index in [1.54, 1.807) is 80.7 Å². The number of cyclic esters (lactones) is 1. The van der Waals surface area contributed by atoms with Crippen molar-refractivity contribution in [2.24, 2.45) is 23.5 Å². The number of carboxylic acids is 1. The lowest BCUT2D eigenvalue weighted by Gasteiger charge is -2.45. The molecular weight excluding hydrogens is 851 g/mol. The molecule has 18 nitrogen and oxygen atoms in total. The summed E-state index contributed by atoms with van der Waals surface area (Å²) >= 11 is 0. The first-order chi connectivity index (χ1) is 30.6. The number of hydrogen-bond acceptors (Lipinski definition) is 17. The molecule has 368 valence electrons. The zero-order valence-corrected chi connectivity index (χ0v) is 37.6. The molecule has 0 aromatic rings. The summed E-state index contributed by atoms with van der Waals surface area (Å²) in [6.45, 7) is 6.74. The van der Waals surface area contributed by atoms with Crippen molar-refractivity contribution < 1.29 is 84.7 Å². The number of aliphatic carboxylic acids is 1. The van der Waals surface area contributed by atoms with Crippen LogP contribution in [0, 0.1) is 17.8 Å². The number of carboxylic acid groups (broad SMARTS) is 1. The van der Waals surface area contributed by atoms with E-state index in [9.17, 15) is 65.8 Å². The largest absolute Gasteiger partial charge is 0.481 e. The van der Waals surface area contributed by atoms with E-state index < -0.39 is 147 Å². The Morgan fingerprint density at radius 2 is 1.23 bits per heavy atom. The topological polar surface area (TPSA) is 320 Å². The Kier molecular flexibility index (Phi) is 23.6. The van der Waals surface area contributed by atoms with Gasteiger partial charge in [-0.15, -0.1) is 0 Å². The molecule has 2 bridgehead atoms. The number of nitrogens with two attached hydrogens (primary N) is 1. The predicted molar refractivity (Wildman–Crippen MR) is 237 cm³/mol. The van der Waals surface area contributed by atoms with Crippen LogP contribution in [-0.4, -0.2) is 166 Å². The summed E-state index contributed by atoms with van der Waals surface area (Å²) in [6, 6.07) is -1.15. The first kappa shape index (κ1) is 55.9. The molecule has 3 heterocycles. The highest BCUT2D eigenvalue weighted by Crippen LogP contribution is 2.38. The zero-order valence-electron chi connectivity index (χ0n) is 37.6. The number of carbonyl (C=O) groups is 2. The number of allylic oxidation sites excluding steroid dienone is 12. The maximum atomic E-state index is 12.6. The highest BCUT2D eigenvalue weighted by molar-refractivity contribution is 5.71. The van der Waals surface area contributed by atoms with Crippen LogP contribution in [0.5, 0.6) is 0 Å². The molecule has 2 fully saturated rings. The Morgan fingerprint density at radius 1 is 0.662 bits per heavy atom. The van der Waals surface area contributed by atoms with Crippen molar-refractivity contribution >= 4 is 11.9 Å². The lowest BCUT2D eigenvalue weighted by Crippen LogP contribution is -2.61. The van der Waals surface area contributed by atoms with Crippen molar-refractivity contribution in [1.82, 2.24) is 0 Å². The molecule has 0 aliphatic carbocycles. The molecule has 3 aliphatic rings. The highest BCUT2D eigenvalue weighted by Gasteiger charge is 2.51. The van der Waals surface area contributed by atoms with Crippen molar-refractivity contribution in [3.8, 4) is 0 Å². The second-order valence-electron chi connectivity index (χ2n) is 17.6. The minimum Gasteiger partial charge on any atom is -0.481 e. The third-order valence-corrected chi connectivity index (χ3v) is 12.0. The van der Waals surface area contributed by atoms with Crippen LogP contribution < -0.4 is 5.73 Å². The molecule has 0 spiro atoms. The van der Waals surface area contributed by atoms with Gasteiger partial charge in [0.2, 0.25) is 0 Å². The van der Waals surface area contributed by atoms with Crippen molar-refractivity contribution in [2.75, 3.05) is 0 Å². The quantitative estimate of drug-likeness (QED) is 0.174. The van der Waals surface area contributed by atoms with Crippen LogP contribution in [0.2, 0.25) is 0 Å². The number of esters is 1. The van der Waals surface area contributed by atoms with E-state index in [0.717, 1.165) is 0 Å². The van der Waals surface area contributed by atoms with Gasteiger partial charge in [-0.3, -0.25) is 9.59 Å². The first-order valence-corrected chi connectivity index (χ1v) is 22.3. The van der Waals surface area contributed by atoms with E-state index >= 15 is 0 Å². The first-order valence-electron chi connectivity index (χ1n) is 22.3. The third-order valence-electron chi connectivity index (χ3n) is 12.0.